The molecule has 0 N–H and O–H groups in total. The minimum absolute atomic E-state index is 0.504. The van der Waals surface area contributed by atoms with Gasteiger partial charge >= 0.3 is 0 Å². The molecule has 2 nitrogen and oxygen atoms in total. The van der Waals surface area contributed by atoms with Crippen molar-refractivity contribution in [2.75, 3.05) is 32.7 Å². The van der Waals surface area contributed by atoms with Crippen LogP contribution in [0.1, 0.15) is 66.7 Å². The fourth-order valence-electron chi connectivity index (χ4n) is 5.31. The number of piperidine rings is 1. The van der Waals surface area contributed by atoms with Crippen LogP contribution in [0, 0.1) is 34.5 Å². The molecule has 0 unspecified atom stereocenters. The molecule has 0 atom stereocenters. The first-order valence-corrected chi connectivity index (χ1v) is 10.2. The summed E-state index contributed by atoms with van der Waals surface area (Å²) in [5.74, 6) is 8.15. The largest absolute Gasteiger partial charge is 0.299 e. The Morgan fingerprint density at radius 3 is 2.25 bits per heavy atom. The van der Waals surface area contributed by atoms with Crippen molar-refractivity contribution in [3.8, 4) is 11.8 Å². The molecule has 2 heterocycles. The van der Waals surface area contributed by atoms with E-state index >= 15 is 0 Å². The maximum Gasteiger partial charge on any atom is 0.0601 e. The topological polar surface area (TPSA) is 6.48 Å². The summed E-state index contributed by atoms with van der Waals surface area (Å²) in [5.41, 5.74) is 1.25. The molecular formula is C22H38N2. The smallest absolute Gasteiger partial charge is 0.0601 e. The van der Waals surface area contributed by atoms with Gasteiger partial charge < -0.3 is 0 Å². The van der Waals surface area contributed by atoms with Gasteiger partial charge in [-0.05, 0) is 48.9 Å². The molecule has 3 rings (SSSR count). The van der Waals surface area contributed by atoms with Gasteiger partial charge in [0.25, 0.3) is 0 Å². The predicted molar refractivity (Wildman–Crippen MR) is 103 cm³/mol. The second-order valence-corrected chi connectivity index (χ2v) is 10.4. The lowest BCUT2D eigenvalue weighted by Crippen LogP contribution is -2.65. The van der Waals surface area contributed by atoms with Gasteiger partial charge in [0.15, 0.2) is 0 Å². The van der Waals surface area contributed by atoms with Gasteiger partial charge in [-0.15, -0.1) is 0 Å². The number of hydrogen-bond donors (Lipinski definition) is 0. The van der Waals surface area contributed by atoms with Crippen LogP contribution in [0.2, 0.25) is 0 Å². The van der Waals surface area contributed by atoms with Gasteiger partial charge in [-0.1, -0.05) is 46.5 Å². The predicted octanol–water partition coefficient (Wildman–Crippen LogP) is 4.26. The second kappa shape index (κ2) is 7.00. The molecule has 0 aromatic rings. The third kappa shape index (κ3) is 4.55. The van der Waals surface area contributed by atoms with E-state index in [2.05, 4.69) is 56.3 Å². The SMILES string of the molecule is CC(C)C#CCN1CCC(N2CC3(CC(CC(C)(C)C)C3)C2)CC1. The fourth-order valence-corrected chi connectivity index (χ4v) is 5.31. The minimum atomic E-state index is 0.504. The first-order valence-electron chi connectivity index (χ1n) is 10.2. The molecule has 1 saturated carbocycles. The second-order valence-electron chi connectivity index (χ2n) is 10.4. The highest BCUT2D eigenvalue weighted by Gasteiger charge is 2.53. The molecule has 0 bridgehead atoms. The van der Waals surface area contributed by atoms with Crippen LogP contribution in [0.4, 0.5) is 0 Å². The molecule has 136 valence electrons. The van der Waals surface area contributed by atoms with E-state index in [4.69, 9.17) is 0 Å². The number of hydrogen-bond acceptors (Lipinski definition) is 2. The van der Waals surface area contributed by atoms with Crippen molar-refractivity contribution >= 4 is 0 Å². The van der Waals surface area contributed by atoms with Crippen LogP contribution in [-0.2, 0) is 0 Å². The summed E-state index contributed by atoms with van der Waals surface area (Å²) in [6, 6.07) is 0.853. The van der Waals surface area contributed by atoms with Crippen molar-refractivity contribution in [2.24, 2.45) is 22.7 Å². The third-order valence-corrected chi connectivity index (χ3v) is 6.19. The van der Waals surface area contributed by atoms with Gasteiger partial charge in [0.05, 0.1) is 6.54 Å². The van der Waals surface area contributed by atoms with Gasteiger partial charge in [-0.2, -0.15) is 0 Å². The van der Waals surface area contributed by atoms with Crippen molar-refractivity contribution in [2.45, 2.75) is 72.8 Å². The normalized spacial score (nSPS) is 26.1. The molecule has 2 saturated heterocycles. The Balaban J connectivity index is 1.33. The van der Waals surface area contributed by atoms with E-state index in [1.807, 2.05) is 0 Å². The Morgan fingerprint density at radius 1 is 1.08 bits per heavy atom. The maximum atomic E-state index is 3.34. The van der Waals surface area contributed by atoms with Gasteiger partial charge in [-0.3, -0.25) is 9.80 Å². The highest BCUT2D eigenvalue weighted by molar-refractivity contribution is 5.07. The molecule has 1 aliphatic carbocycles. The standard InChI is InChI=1S/C22H38N2/c1-18(2)7-6-10-23-11-8-20(9-12-23)24-16-22(17-24)14-19(15-22)13-21(3,4)5/h18-20H,8-17H2,1-5H3. The van der Waals surface area contributed by atoms with Gasteiger partial charge in [0.2, 0.25) is 0 Å². The van der Waals surface area contributed by atoms with Crippen LogP contribution in [0.25, 0.3) is 0 Å². The molecule has 1 spiro atoms. The van der Waals surface area contributed by atoms with E-state index in [0.717, 1.165) is 23.9 Å². The molecule has 0 aromatic carbocycles. The van der Waals surface area contributed by atoms with E-state index in [0.29, 0.717) is 11.3 Å². The molecule has 0 radical (unpaired) electrons. The van der Waals surface area contributed by atoms with Gasteiger partial charge in [0.1, 0.15) is 0 Å². The minimum Gasteiger partial charge on any atom is -0.299 e. The zero-order valence-electron chi connectivity index (χ0n) is 16.7. The Labute approximate surface area is 150 Å². The molecule has 3 aliphatic rings. The summed E-state index contributed by atoms with van der Waals surface area (Å²) in [7, 11) is 0. The Kier molecular flexibility index (Phi) is 5.33. The Bertz CT molecular complexity index is 468. The van der Waals surface area contributed by atoms with E-state index in [9.17, 15) is 0 Å². The zero-order valence-corrected chi connectivity index (χ0v) is 16.7. The lowest BCUT2D eigenvalue weighted by molar-refractivity contribution is -0.126. The summed E-state index contributed by atoms with van der Waals surface area (Å²) >= 11 is 0. The third-order valence-electron chi connectivity index (χ3n) is 6.19. The van der Waals surface area contributed by atoms with Crippen molar-refractivity contribution in [1.82, 2.24) is 9.80 Å². The summed E-state index contributed by atoms with van der Waals surface area (Å²) in [4.78, 5) is 5.34. The molecule has 2 heteroatoms. The van der Waals surface area contributed by atoms with Crippen LogP contribution < -0.4 is 0 Å². The number of nitrogens with zero attached hydrogens (tertiary/aromatic N) is 2. The molecule has 24 heavy (non-hydrogen) atoms. The van der Waals surface area contributed by atoms with Gasteiger partial charge in [-0.25, -0.2) is 0 Å². The van der Waals surface area contributed by atoms with Crippen LogP contribution in [-0.4, -0.2) is 48.6 Å². The van der Waals surface area contributed by atoms with Crippen LogP contribution in [0.15, 0.2) is 0 Å². The van der Waals surface area contributed by atoms with E-state index in [1.165, 1.54) is 58.3 Å². The van der Waals surface area contributed by atoms with Gasteiger partial charge in [0, 0.05) is 38.1 Å². The van der Waals surface area contributed by atoms with Crippen LogP contribution in [0.5, 0.6) is 0 Å². The van der Waals surface area contributed by atoms with E-state index < -0.39 is 0 Å². The molecule has 0 amide bonds. The lowest BCUT2D eigenvalue weighted by Gasteiger charge is -2.62. The molecule has 0 aromatic heterocycles. The summed E-state index contributed by atoms with van der Waals surface area (Å²) in [6.07, 6.45) is 7.13. The first kappa shape index (κ1) is 18.3. The van der Waals surface area contributed by atoms with Crippen molar-refractivity contribution in [1.29, 1.82) is 0 Å². The Hall–Kier alpha value is -0.520. The van der Waals surface area contributed by atoms with E-state index in [1.54, 1.807) is 0 Å². The van der Waals surface area contributed by atoms with E-state index in [-0.39, 0.29) is 0 Å². The van der Waals surface area contributed by atoms with Crippen molar-refractivity contribution < 1.29 is 0 Å². The first-order chi connectivity index (χ1) is 11.2. The highest BCUT2D eigenvalue weighted by atomic mass is 15.3. The van der Waals surface area contributed by atoms with Crippen molar-refractivity contribution in [3.63, 3.8) is 0 Å². The summed E-state index contributed by atoms with van der Waals surface area (Å²) < 4.78 is 0. The summed E-state index contributed by atoms with van der Waals surface area (Å²) in [6.45, 7) is 17.8. The van der Waals surface area contributed by atoms with Crippen LogP contribution >= 0.6 is 0 Å². The Morgan fingerprint density at radius 2 is 1.71 bits per heavy atom. The maximum absolute atomic E-state index is 3.34. The average molecular weight is 331 g/mol. The summed E-state index contributed by atoms with van der Waals surface area (Å²) in [5, 5.41) is 0. The van der Waals surface area contributed by atoms with Crippen LogP contribution in [0.3, 0.4) is 0 Å². The highest BCUT2D eigenvalue weighted by Crippen LogP contribution is 2.55. The number of likely N-dealkylation sites (tertiary alicyclic amines) is 2. The lowest BCUT2D eigenvalue weighted by atomic mass is 9.55. The zero-order chi connectivity index (χ0) is 17.4. The quantitative estimate of drug-likeness (QED) is 0.714. The average Bonchev–Trinajstić information content (AvgIpc) is 2.39. The number of rotatable bonds is 3. The fraction of sp³-hybridized carbons (Fsp3) is 0.909. The molecule has 2 aliphatic heterocycles. The molecule has 3 fully saturated rings. The monoisotopic (exact) mass is 330 g/mol. The molecular weight excluding hydrogens is 292 g/mol. The van der Waals surface area contributed by atoms with Crippen molar-refractivity contribution in [3.05, 3.63) is 0 Å².